The van der Waals surface area contributed by atoms with Gasteiger partial charge in [0.15, 0.2) is 22.1 Å². The Morgan fingerprint density at radius 1 is 1.19 bits per heavy atom. The van der Waals surface area contributed by atoms with Crippen LogP contribution in [-0.2, 0) is 38.7 Å². The van der Waals surface area contributed by atoms with E-state index in [0.717, 1.165) is 17.4 Å². The topological polar surface area (TPSA) is 140 Å². The molecular weight excluding hydrogens is 577 g/mol. The maximum absolute atomic E-state index is 13.6. The molecule has 5 rings (SSSR count). The number of sulfone groups is 1. The summed E-state index contributed by atoms with van der Waals surface area (Å²) in [6, 6.07) is 11.3. The Kier molecular flexibility index (Phi) is 7.13. The average Bonchev–Trinajstić information content (AvgIpc) is 3.39. The first-order valence-corrected chi connectivity index (χ1v) is 15.1. The van der Waals surface area contributed by atoms with Crippen molar-refractivity contribution in [2.75, 3.05) is 23.9 Å². The minimum Gasteiger partial charge on any atom is -0.484 e. The van der Waals surface area contributed by atoms with Gasteiger partial charge in [-0.1, -0.05) is 30.3 Å². The Labute approximate surface area is 239 Å². The van der Waals surface area contributed by atoms with E-state index in [1.165, 1.54) is 16.8 Å². The van der Waals surface area contributed by atoms with Crippen LogP contribution in [0.4, 0.5) is 18.9 Å². The minimum atomic E-state index is -4.48. The van der Waals surface area contributed by atoms with Gasteiger partial charge in [0.1, 0.15) is 22.9 Å². The highest BCUT2D eigenvalue weighted by atomic mass is 32.2. The minimum absolute atomic E-state index is 0.0302. The van der Waals surface area contributed by atoms with Gasteiger partial charge >= 0.3 is 6.18 Å². The number of anilines is 1. The van der Waals surface area contributed by atoms with Crippen LogP contribution in [0.2, 0.25) is 0 Å². The number of ether oxygens (including phenoxy) is 1. The van der Waals surface area contributed by atoms with Crippen molar-refractivity contribution in [1.29, 1.82) is 0 Å². The molecule has 0 saturated carbocycles. The summed E-state index contributed by atoms with van der Waals surface area (Å²) in [5.41, 5.74) is 0.863. The highest BCUT2D eigenvalue weighted by Crippen LogP contribution is 2.44. The summed E-state index contributed by atoms with van der Waals surface area (Å²) < 4.78 is 67.7. The van der Waals surface area contributed by atoms with E-state index in [-0.39, 0.29) is 29.4 Å². The van der Waals surface area contributed by atoms with Crippen molar-refractivity contribution in [1.82, 2.24) is 15.1 Å². The van der Waals surface area contributed by atoms with Crippen molar-refractivity contribution in [2.24, 2.45) is 0 Å². The zero-order chi connectivity index (χ0) is 30.7. The molecule has 0 radical (unpaired) electrons. The van der Waals surface area contributed by atoms with Crippen LogP contribution in [0.25, 0.3) is 11.3 Å². The molecule has 10 nitrogen and oxygen atoms in total. The highest BCUT2D eigenvalue weighted by molar-refractivity contribution is 7.91. The van der Waals surface area contributed by atoms with E-state index in [1.807, 2.05) is 0 Å². The largest absolute Gasteiger partial charge is 0.484 e. The Hall–Kier alpha value is -3.91. The third-order valence-corrected chi connectivity index (χ3v) is 8.06. The van der Waals surface area contributed by atoms with Crippen LogP contribution in [0.15, 0.2) is 42.5 Å². The number of rotatable bonds is 7. The molecule has 1 aliphatic heterocycles. The lowest BCUT2D eigenvalue weighted by Gasteiger charge is -2.36. The molecule has 3 aromatic rings. The van der Waals surface area contributed by atoms with Crippen LogP contribution in [0.3, 0.4) is 0 Å². The number of aliphatic hydroxyl groups is 1. The number of benzene rings is 2. The zero-order valence-corrected chi connectivity index (χ0v) is 23.8. The maximum Gasteiger partial charge on any atom is 0.422 e. The third-order valence-electron chi connectivity index (χ3n) is 7.28. The van der Waals surface area contributed by atoms with E-state index in [2.05, 4.69) is 15.7 Å². The number of hydrogen-bond acceptors (Lipinski definition) is 7. The third kappa shape index (κ3) is 6.00. The van der Waals surface area contributed by atoms with Gasteiger partial charge in [-0.15, -0.1) is 0 Å². The fourth-order valence-corrected chi connectivity index (χ4v) is 5.97. The quantitative estimate of drug-likeness (QED) is 0.375. The van der Waals surface area contributed by atoms with Gasteiger partial charge in [-0.05, 0) is 55.5 Å². The number of carbonyl (C=O) groups is 2. The molecule has 2 heterocycles. The fourth-order valence-electron chi connectivity index (χ4n) is 5.42. The number of alkyl halides is 3. The summed E-state index contributed by atoms with van der Waals surface area (Å²) in [5, 5.41) is 20.6. The van der Waals surface area contributed by atoms with Gasteiger partial charge in [-0.2, -0.15) is 18.3 Å². The fraction of sp³-hybridized carbons (Fsp3) is 0.393. The highest BCUT2D eigenvalue weighted by Gasteiger charge is 2.46. The molecule has 14 heteroatoms. The standard InChI is InChI=1S/C28H29F3N4O6S/c1-26(2,38)18-6-4-16(5-7-18)22-23(32-21(36)13-42(3,39)40)24-25(37)33-27(14-35(24)34-22)11-10-17-12-19(8-9-20(17)27)41-15-28(29,30)31/h4-9,12,38H,10-11,13-15H2,1-3H3,(H,32,36)(H,33,37)/t27-/m0/s1. The van der Waals surface area contributed by atoms with Crippen LogP contribution >= 0.6 is 0 Å². The molecule has 0 unspecified atom stereocenters. The number of aryl methyl sites for hydroxylation is 1. The number of nitrogens with zero attached hydrogens (tertiary/aromatic N) is 2. The van der Waals surface area contributed by atoms with Crippen LogP contribution in [0.1, 0.15) is 47.4 Å². The summed E-state index contributed by atoms with van der Waals surface area (Å²) in [6.45, 7) is 1.99. The first kappa shape index (κ1) is 29.6. The number of carbonyl (C=O) groups excluding carboxylic acids is 2. The second-order valence-electron chi connectivity index (χ2n) is 11.2. The van der Waals surface area contributed by atoms with Gasteiger partial charge in [0.25, 0.3) is 5.91 Å². The number of aromatic nitrogens is 2. The molecule has 1 aromatic heterocycles. The molecule has 0 bridgehead atoms. The number of halogens is 3. The molecule has 0 fully saturated rings. The van der Waals surface area contributed by atoms with Crippen molar-refractivity contribution in [2.45, 2.75) is 50.6 Å². The van der Waals surface area contributed by atoms with E-state index >= 15 is 0 Å². The van der Waals surface area contributed by atoms with Gasteiger partial charge < -0.3 is 20.5 Å². The van der Waals surface area contributed by atoms with Crippen molar-refractivity contribution in [3.8, 4) is 17.0 Å². The number of nitrogens with one attached hydrogen (secondary N) is 2. The maximum atomic E-state index is 13.6. The predicted octanol–water partition coefficient (Wildman–Crippen LogP) is 3.29. The summed E-state index contributed by atoms with van der Waals surface area (Å²) in [5.74, 6) is -2.13. The summed E-state index contributed by atoms with van der Waals surface area (Å²) in [4.78, 5) is 26.3. The number of amides is 2. The van der Waals surface area contributed by atoms with E-state index in [1.54, 1.807) is 44.2 Å². The number of fused-ring (bicyclic) bond motifs is 3. The molecule has 1 spiro atoms. The average molecular weight is 607 g/mol. The zero-order valence-electron chi connectivity index (χ0n) is 23.0. The molecule has 3 N–H and O–H groups in total. The van der Waals surface area contributed by atoms with Gasteiger partial charge in [0, 0.05) is 11.8 Å². The lowest BCUT2D eigenvalue weighted by Crippen LogP contribution is -2.52. The molecule has 1 aliphatic carbocycles. The van der Waals surface area contributed by atoms with Crippen molar-refractivity contribution < 1.29 is 41.0 Å². The van der Waals surface area contributed by atoms with E-state index < -0.39 is 51.3 Å². The SMILES string of the molecule is CC(C)(O)c1ccc(-c2nn3c(c2NC(=O)CS(C)(=O)=O)C(=O)N[C@@]2(CCc4cc(OCC(F)(F)F)ccc42)C3)cc1. The van der Waals surface area contributed by atoms with Crippen LogP contribution in [0.5, 0.6) is 5.75 Å². The van der Waals surface area contributed by atoms with Crippen LogP contribution < -0.4 is 15.4 Å². The van der Waals surface area contributed by atoms with Crippen LogP contribution in [0, 0.1) is 0 Å². The second-order valence-corrected chi connectivity index (χ2v) is 13.4. The van der Waals surface area contributed by atoms with Crippen LogP contribution in [-0.4, -0.2) is 59.9 Å². The molecule has 2 aromatic carbocycles. The first-order chi connectivity index (χ1) is 19.4. The van der Waals surface area contributed by atoms with Crippen molar-refractivity contribution in [3.05, 3.63) is 64.8 Å². The Morgan fingerprint density at radius 3 is 2.50 bits per heavy atom. The molecule has 1 atom stereocenters. The van der Waals surface area contributed by atoms with E-state index in [9.17, 15) is 36.3 Å². The molecule has 42 heavy (non-hydrogen) atoms. The lowest BCUT2D eigenvalue weighted by molar-refractivity contribution is -0.153. The molecular formula is C28H29F3N4O6S. The lowest BCUT2D eigenvalue weighted by atomic mass is 9.89. The van der Waals surface area contributed by atoms with Crippen molar-refractivity contribution in [3.63, 3.8) is 0 Å². The Bertz CT molecular complexity index is 1680. The van der Waals surface area contributed by atoms with E-state index in [0.29, 0.717) is 24.0 Å². The normalized spacial score (nSPS) is 18.4. The van der Waals surface area contributed by atoms with Gasteiger partial charge in [0.2, 0.25) is 5.91 Å². The predicted molar refractivity (Wildman–Crippen MR) is 147 cm³/mol. The van der Waals surface area contributed by atoms with Gasteiger partial charge in [0.05, 0.1) is 17.7 Å². The summed E-state index contributed by atoms with van der Waals surface area (Å²) >= 11 is 0. The first-order valence-electron chi connectivity index (χ1n) is 13.0. The summed E-state index contributed by atoms with van der Waals surface area (Å²) in [6.07, 6.45) is -2.64. The molecule has 0 saturated heterocycles. The second kappa shape index (κ2) is 10.1. The molecule has 2 aliphatic rings. The monoisotopic (exact) mass is 606 g/mol. The van der Waals surface area contributed by atoms with Gasteiger partial charge in [-0.3, -0.25) is 14.3 Å². The molecule has 224 valence electrons. The Morgan fingerprint density at radius 2 is 1.88 bits per heavy atom. The summed E-state index contributed by atoms with van der Waals surface area (Å²) in [7, 11) is -3.67. The number of hydrogen-bond donors (Lipinski definition) is 3. The van der Waals surface area contributed by atoms with Crippen molar-refractivity contribution >= 4 is 27.3 Å². The Balaban J connectivity index is 1.53. The van der Waals surface area contributed by atoms with E-state index in [4.69, 9.17) is 4.74 Å². The van der Waals surface area contributed by atoms with Gasteiger partial charge in [-0.25, -0.2) is 8.42 Å². The smallest absolute Gasteiger partial charge is 0.422 e. The molecule has 2 amide bonds.